The predicted molar refractivity (Wildman–Crippen MR) is 80.8 cm³/mol. The van der Waals surface area contributed by atoms with Crippen LogP contribution in [-0.2, 0) is 6.18 Å². The molecule has 0 aliphatic heterocycles. The van der Waals surface area contributed by atoms with Crippen molar-refractivity contribution in [2.24, 2.45) is 0 Å². The number of benzene rings is 1. The summed E-state index contributed by atoms with van der Waals surface area (Å²) in [5, 5.41) is 13.4. The number of aromatic nitrogens is 4. The van der Waals surface area contributed by atoms with Gasteiger partial charge in [-0.05, 0) is 36.8 Å². The highest BCUT2D eigenvalue weighted by Crippen LogP contribution is 2.28. The van der Waals surface area contributed by atoms with E-state index in [0.29, 0.717) is 10.1 Å². The second-order valence-corrected chi connectivity index (χ2v) is 5.27. The fraction of sp³-hybridized carbons (Fsp3) is 0.267. The summed E-state index contributed by atoms with van der Waals surface area (Å²) < 4.78 is 57.7. The third-order valence-corrected chi connectivity index (χ3v) is 3.56. The number of nitrogens with zero attached hydrogens (tertiary/aromatic N) is 4. The van der Waals surface area contributed by atoms with E-state index in [-0.39, 0.29) is 23.3 Å². The quantitative estimate of drug-likeness (QED) is 0.726. The van der Waals surface area contributed by atoms with Crippen LogP contribution in [0.1, 0.15) is 24.4 Å². The van der Waals surface area contributed by atoms with Gasteiger partial charge in [-0.3, -0.25) is 0 Å². The van der Waals surface area contributed by atoms with Gasteiger partial charge in [-0.25, -0.2) is 4.39 Å². The molecule has 6 nitrogen and oxygen atoms in total. The van der Waals surface area contributed by atoms with Crippen LogP contribution in [-0.4, -0.2) is 26.9 Å². The number of alkyl halides is 3. The van der Waals surface area contributed by atoms with Crippen LogP contribution in [0.4, 0.5) is 23.4 Å². The molecular weight excluding hydrogens is 342 g/mol. The summed E-state index contributed by atoms with van der Waals surface area (Å²) in [6.45, 7) is 1.76. The number of rotatable bonds is 4. The molecule has 132 valence electrons. The lowest BCUT2D eigenvalue weighted by atomic mass is 10.1. The van der Waals surface area contributed by atoms with Crippen LogP contribution in [0.3, 0.4) is 0 Å². The smallest absolute Gasteiger partial charge is 0.453 e. The lowest BCUT2D eigenvalue weighted by Crippen LogP contribution is -2.14. The van der Waals surface area contributed by atoms with Crippen molar-refractivity contribution in [2.45, 2.75) is 19.1 Å². The van der Waals surface area contributed by atoms with Gasteiger partial charge in [-0.1, -0.05) is 6.07 Å². The Morgan fingerprint density at radius 2 is 1.92 bits per heavy atom. The fourth-order valence-corrected chi connectivity index (χ4v) is 2.29. The molecule has 3 aromatic rings. The molecule has 25 heavy (non-hydrogen) atoms. The summed E-state index contributed by atoms with van der Waals surface area (Å²) in [5.41, 5.74) is 0.661. The summed E-state index contributed by atoms with van der Waals surface area (Å²) in [5.74, 6) is -1.44. The zero-order chi connectivity index (χ0) is 18.2. The second-order valence-electron chi connectivity index (χ2n) is 5.27. The van der Waals surface area contributed by atoms with Crippen LogP contribution >= 0.6 is 0 Å². The highest BCUT2D eigenvalue weighted by molar-refractivity contribution is 5.46. The Labute approximate surface area is 139 Å². The van der Waals surface area contributed by atoms with Crippen LogP contribution in [0.15, 0.2) is 30.3 Å². The Kier molecular flexibility index (Phi) is 4.19. The molecule has 3 rings (SSSR count). The van der Waals surface area contributed by atoms with E-state index in [4.69, 9.17) is 4.74 Å². The number of anilines is 1. The molecule has 0 spiro atoms. The third-order valence-electron chi connectivity index (χ3n) is 3.56. The van der Waals surface area contributed by atoms with Crippen LogP contribution in [0.2, 0.25) is 0 Å². The zero-order valence-electron chi connectivity index (χ0n) is 13.2. The van der Waals surface area contributed by atoms with E-state index in [1.54, 1.807) is 13.0 Å². The monoisotopic (exact) mass is 355 g/mol. The first-order valence-electron chi connectivity index (χ1n) is 7.19. The van der Waals surface area contributed by atoms with Gasteiger partial charge in [0.15, 0.2) is 17.2 Å². The van der Waals surface area contributed by atoms with Crippen molar-refractivity contribution in [3.63, 3.8) is 0 Å². The Hall–Kier alpha value is -2.91. The van der Waals surface area contributed by atoms with Crippen LogP contribution in [0.25, 0.3) is 5.65 Å². The molecule has 0 aliphatic carbocycles. The SMILES string of the molecule is COc1cc([C@@H](C)Nc2ccc3nnc(C(F)(F)F)n3n2)ccc1F. The van der Waals surface area contributed by atoms with E-state index in [0.717, 1.165) is 0 Å². The minimum absolute atomic E-state index is 0.0195. The summed E-state index contributed by atoms with van der Waals surface area (Å²) >= 11 is 0. The molecule has 0 amide bonds. The lowest BCUT2D eigenvalue weighted by molar-refractivity contribution is -0.146. The van der Waals surface area contributed by atoms with E-state index in [9.17, 15) is 17.6 Å². The number of halogens is 4. The van der Waals surface area contributed by atoms with Gasteiger partial charge in [0.1, 0.15) is 5.82 Å². The molecular formula is C15H13F4N5O. The normalized spacial score (nSPS) is 13.0. The molecule has 1 N–H and O–H groups in total. The van der Waals surface area contributed by atoms with Gasteiger partial charge in [0.05, 0.1) is 13.2 Å². The maximum absolute atomic E-state index is 13.5. The van der Waals surface area contributed by atoms with Gasteiger partial charge in [-0.2, -0.15) is 17.7 Å². The maximum Gasteiger partial charge on any atom is 0.453 e. The highest BCUT2D eigenvalue weighted by Gasteiger charge is 2.37. The molecule has 0 saturated carbocycles. The van der Waals surface area contributed by atoms with E-state index in [1.807, 2.05) is 0 Å². The molecule has 0 saturated heterocycles. The van der Waals surface area contributed by atoms with Crippen molar-refractivity contribution < 1.29 is 22.3 Å². The average molecular weight is 355 g/mol. The van der Waals surface area contributed by atoms with E-state index in [1.165, 1.54) is 31.4 Å². The summed E-state index contributed by atoms with van der Waals surface area (Å²) in [6, 6.07) is 6.81. The summed E-state index contributed by atoms with van der Waals surface area (Å²) in [6.07, 6.45) is -4.67. The summed E-state index contributed by atoms with van der Waals surface area (Å²) in [4.78, 5) is 0. The Morgan fingerprint density at radius 1 is 1.16 bits per heavy atom. The van der Waals surface area contributed by atoms with Crippen LogP contribution < -0.4 is 10.1 Å². The molecule has 0 unspecified atom stereocenters. The van der Waals surface area contributed by atoms with Crippen molar-refractivity contribution in [3.8, 4) is 5.75 Å². The number of fused-ring (bicyclic) bond motifs is 1. The van der Waals surface area contributed by atoms with Gasteiger partial charge in [0.2, 0.25) is 0 Å². The van der Waals surface area contributed by atoms with E-state index in [2.05, 4.69) is 20.6 Å². The molecule has 1 atom stereocenters. The first kappa shape index (κ1) is 16.9. The first-order valence-corrected chi connectivity index (χ1v) is 7.19. The molecule has 2 aromatic heterocycles. The number of ether oxygens (including phenoxy) is 1. The Bertz CT molecular complexity index is 909. The standard InChI is InChI=1S/C15H13F4N5O/c1-8(9-3-4-10(16)11(7-9)25-2)20-12-5-6-13-21-22-14(15(17,18)19)24(13)23-12/h3-8H,1-2H3,(H,20,23)/t8-/m1/s1. The molecule has 0 bridgehead atoms. The molecule has 0 radical (unpaired) electrons. The van der Waals surface area contributed by atoms with Crippen LogP contribution in [0.5, 0.6) is 5.75 Å². The van der Waals surface area contributed by atoms with Gasteiger partial charge in [-0.15, -0.1) is 15.3 Å². The zero-order valence-corrected chi connectivity index (χ0v) is 13.2. The van der Waals surface area contributed by atoms with Crippen LogP contribution in [0, 0.1) is 5.82 Å². The predicted octanol–water partition coefficient (Wildman–Crippen LogP) is 3.46. The fourth-order valence-electron chi connectivity index (χ4n) is 2.29. The maximum atomic E-state index is 13.5. The average Bonchev–Trinajstić information content (AvgIpc) is 2.98. The number of hydrogen-bond acceptors (Lipinski definition) is 5. The minimum atomic E-state index is -4.67. The van der Waals surface area contributed by atoms with E-state index >= 15 is 0 Å². The third kappa shape index (κ3) is 3.32. The van der Waals surface area contributed by atoms with Gasteiger partial charge < -0.3 is 10.1 Å². The molecule has 0 aliphatic rings. The number of methoxy groups -OCH3 is 1. The van der Waals surface area contributed by atoms with Gasteiger partial charge in [0.25, 0.3) is 5.82 Å². The van der Waals surface area contributed by atoms with Crippen molar-refractivity contribution in [1.82, 2.24) is 19.8 Å². The minimum Gasteiger partial charge on any atom is -0.494 e. The lowest BCUT2D eigenvalue weighted by Gasteiger charge is -2.16. The Balaban J connectivity index is 1.89. The highest BCUT2D eigenvalue weighted by atomic mass is 19.4. The summed E-state index contributed by atoms with van der Waals surface area (Å²) in [7, 11) is 1.35. The van der Waals surface area contributed by atoms with Crippen molar-refractivity contribution >= 4 is 11.5 Å². The van der Waals surface area contributed by atoms with Gasteiger partial charge in [0, 0.05) is 0 Å². The molecule has 10 heteroatoms. The van der Waals surface area contributed by atoms with Crippen molar-refractivity contribution in [2.75, 3.05) is 12.4 Å². The largest absolute Gasteiger partial charge is 0.494 e. The molecule has 0 fully saturated rings. The van der Waals surface area contributed by atoms with E-state index < -0.39 is 17.8 Å². The van der Waals surface area contributed by atoms with Crippen molar-refractivity contribution in [1.29, 1.82) is 0 Å². The first-order chi connectivity index (χ1) is 11.8. The number of hydrogen-bond donors (Lipinski definition) is 1. The molecule has 2 heterocycles. The van der Waals surface area contributed by atoms with Gasteiger partial charge >= 0.3 is 6.18 Å². The molecule has 1 aromatic carbocycles. The number of nitrogens with one attached hydrogen (secondary N) is 1. The second kappa shape index (κ2) is 6.19. The van der Waals surface area contributed by atoms with Crippen molar-refractivity contribution in [3.05, 3.63) is 47.5 Å². The topological polar surface area (TPSA) is 64.3 Å². The Morgan fingerprint density at radius 3 is 2.60 bits per heavy atom.